The summed E-state index contributed by atoms with van der Waals surface area (Å²) in [4.78, 5) is 0. The van der Waals surface area contributed by atoms with Gasteiger partial charge in [0.15, 0.2) is 0 Å². The lowest BCUT2D eigenvalue weighted by Gasteiger charge is -2.33. The normalized spacial score (nSPS) is 16.4. The van der Waals surface area contributed by atoms with E-state index in [-0.39, 0.29) is 17.6 Å². The zero-order valence-electron chi connectivity index (χ0n) is 10.5. The van der Waals surface area contributed by atoms with Crippen LogP contribution in [0.1, 0.15) is 32.3 Å². The van der Waals surface area contributed by atoms with Crippen molar-refractivity contribution in [3.63, 3.8) is 0 Å². The number of rotatable bonds is 4. The third kappa shape index (κ3) is 2.58. The molecule has 0 aliphatic carbocycles. The molecule has 0 saturated carbocycles. The maximum atomic E-state index is 13.3. The highest BCUT2D eigenvalue weighted by Gasteiger charge is 2.56. The van der Waals surface area contributed by atoms with Crippen molar-refractivity contribution >= 4 is 0 Å². The second-order valence-corrected chi connectivity index (χ2v) is 4.07. The van der Waals surface area contributed by atoms with Crippen molar-refractivity contribution in [2.45, 2.75) is 38.5 Å². The zero-order valence-corrected chi connectivity index (χ0v) is 10.5. The summed E-state index contributed by atoms with van der Waals surface area (Å²) in [6, 6.07) is 7.20. The standard InChI is InChI=1S/C14H17F3O/c1-3-8-11(4-2)13(18,14(15,16)17)12-9-6-5-7-10-12/h5-10,18H,3-4H2,1-2H3/b11-8-. The lowest BCUT2D eigenvalue weighted by atomic mass is 9.83. The average molecular weight is 258 g/mol. The Labute approximate surface area is 105 Å². The van der Waals surface area contributed by atoms with Gasteiger partial charge in [0.1, 0.15) is 0 Å². The Kier molecular flexibility index (Phi) is 4.57. The quantitative estimate of drug-likeness (QED) is 0.803. The summed E-state index contributed by atoms with van der Waals surface area (Å²) >= 11 is 0. The lowest BCUT2D eigenvalue weighted by Crippen LogP contribution is -2.44. The van der Waals surface area contributed by atoms with Crippen LogP contribution in [0, 0.1) is 0 Å². The fourth-order valence-electron chi connectivity index (χ4n) is 2.00. The fraction of sp³-hybridized carbons (Fsp3) is 0.429. The Hall–Kier alpha value is -1.29. The van der Waals surface area contributed by atoms with Crippen LogP contribution in [0.3, 0.4) is 0 Å². The van der Waals surface area contributed by atoms with E-state index in [0.717, 1.165) is 0 Å². The van der Waals surface area contributed by atoms with Gasteiger partial charge in [-0.25, -0.2) is 0 Å². The third-order valence-electron chi connectivity index (χ3n) is 2.90. The number of hydrogen-bond donors (Lipinski definition) is 1. The zero-order chi connectivity index (χ0) is 13.8. The summed E-state index contributed by atoms with van der Waals surface area (Å²) < 4.78 is 39.8. The van der Waals surface area contributed by atoms with E-state index in [0.29, 0.717) is 6.42 Å². The van der Waals surface area contributed by atoms with E-state index >= 15 is 0 Å². The van der Waals surface area contributed by atoms with Gasteiger partial charge in [-0.3, -0.25) is 0 Å². The minimum Gasteiger partial charge on any atom is -0.372 e. The largest absolute Gasteiger partial charge is 0.425 e. The van der Waals surface area contributed by atoms with Gasteiger partial charge >= 0.3 is 6.18 Å². The van der Waals surface area contributed by atoms with Gasteiger partial charge in [0.05, 0.1) is 0 Å². The Morgan fingerprint density at radius 1 is 1.17 bits per heavy atom. The average Bonchev–Trinajstić information content (AvgIpc) is 2.34. The molecule has 0 amide bonds. The molecule has 0 spiro atoms. The van der Waals surface area contributed by atoms with Crippen LogP contribution in [0.2, 0.25) is 0 Å². The number of benzene rings is 1. The van der Waals surface area contributed by atoms with Gasteiger partial charge in [-0.2, -0.15) is 13.2 Å². The first-order valence-corrected chi connectivity index (χ1v) is 5.92. The molecular weight excluding hydrogens is 241 g/mol. The monoisotopic (exact) mass is 258 g/mol. The SMILES string of the molecule is CC/C=C(/CC)C(O)(c1ccccc1)C(F)(F)F. The van der Waals surface area contributed by atoms with Crippen LogP contribution < -0.4 is 0 Å². The van der Waals surface area contributed by atoms with E-state index in [1.54, 1.807) is 19.9 Å². The summed E-state index contributed by atoms with van der Waals surface area (Å²) in [5.74, 6) is 0. The molecule has 100 valence electrons. The molecule has 1 N–H and O–H groups in total. The predicted molar refractivity (Wildman–Crippen MR) is 65.1 cm³/mol. The number of alkyl halides is 3. The van der Waals surface area contributed by atoms with Crippen molar-refractivity contribution in [1.82, 2.24) is 0 Å². The van der Waals surface area contributed by atoms with E-state index in [9.17, 15) is 18.3 Å². The first-order chi connectivity index (χ1) is 8.37. The maximum absolute atomic E-state index is 13.3. The van der Waals surface area contributed by atoms with Gasteiger partial charge < -0.3 is 5.11 Å². The highest BCUT2D eigenvalue weighted by Crippen LogP contribution is 2.45. The molecule has 0 heterocycles. The molecule has 0 radical (unpaired) electrons. The molecule has 4 heteroatoms. The van der Waals surface area contributed by atoms with Crippen molar-refractivity contribution in [2.24, 2.45) is 0 Å². The molecule has 1 rings (SSSR count). The molecule has 1 aromatic rings. The van der Waals surface area contributed by atoms with Crippen molar-refractivity contribution in [3.05, 3.63) is 47.5 Å². The van der Waals surface area contributed by atoms with Gasteiger partial charge in [0.2, 0.25) is 5.60 Å². The first-order valence-electron chi connectivity index (χ1n) is 5.92. The highest BCUT2D eigenvalue weighted by molar-refractivity contribution is 5.35. The number of aliphatic hydroxyl groups is 1. The van der Waals surface area contributed by atoms with Crippen molar-refractivity contribution in [1.29, 1.82) is 0 Å². The molecule has 0 fully saturated rings. The summed E-state index contributed by atoms with van der Waals surface area (Å²) in [7, 11) is 0. The summed E-state index contributed by atoms with van der Waals surface area (Å²) in [5, 5.41) is 10.2. The van der Waals surface area contributed by atoms with E-state index in [2.05, 4.69) is 0 Å². The van der Waals surface area contributed by atoms with Crippen LogP contribution in [-0.2, 0) is 5.60 Å². The number of hydrogen-bond acceptors (Lipinski definition) is 1. The Morgan fingerprint density at radius 2 is 1.72 bits per heavy atom. The Bertz CT molecular complexity index is 409. The van der Waals surface area contributed by atoms with Crippen LogP contribution in [0.5, 0.6) is 0 Å². The summed E-state index contributed by atoms with van der Waals surface area (Å²) in [6.45, 7) is 3.36. The first kappa shape index (κ1) is 14.8. The minimum absolute atomic E-state index is 0.0105. The van der Waals surface area contributed by atoms with Crippen LogP contribution in [0.4, 0.5) is 13.2 Å². The molecule has 0 aliphatic rings. The molecule has 1 aromatic carbocycles. The van der Waals surface area contributed by atoms with E-state index < -0.39 is 11.8 Å². The lowest BCUT2D eigenvalue weighted by molar-refractivity contribution is -0.250. The molecule has 1 unspecified atom stereocenters. The molecule has 0 bridgehead atoms. The van der Waals surface area contributed by atoms with Gasteiger partial charge in [0.25, 0.3) is 0 Å². The predicted octanol–water partition coefficient (Wildman–Crippen LogP) is 4.18. The van der Waals surface area contributed by atoms with Crippen molar-refractivity contribution in [3.8, 4) is 0 Å². The Morgan fingerprint density at radius 3 is 2.11 bits per heavy atom. The summed E-state index contributed by atoms with van der Waals surface area (Å²) in [5.41, 5.74) is -3.04. The molecule has 0 saturated heterocycles. The van der Waals surface area contributed by atoms with Gasteiger partial charge in [-0.1, -0.05) is 50.3 Å². The maximum Gasteiger partial charge on any atom is 0.425 e. The fourth-order valence-corrected chi connectivity index (χ4v) is 2.00. The van der Waals surface area contributed by atoms with Crippen LogP contribution >= 0.6 is 0 Å². The van der Waals surface area contributed by atoms with Gasteiger partial charge in [0, 0.05) is 0 Å². The molecular formula is C14H17F3O. The highest BCUT2D eigenvalue weighted by atomic mass is 19.4. The van der Waals surface area contributed by atoms with E-state index in [4.69, 9.17) is 0 Å². The summed E-state index contributed by atoms with van der Waals surface area (Å²) in [6.07, 6.45) is -2.68. The number of halogens is 3. The van der Waals surface area contributed by atoms with Crippen molar-refractivity contribution in [2.75, 3.05) is 0 Å². The third-order valence-corrected chi connectivity index (χ3v) is 2.90. The number of allylic oxidation sites excluding steroid dienone is 1. The second-order valence-electron chi connectivity index (χ2n) is 4.07. The van der Waals surface area contributed by atoms with E-state index in [1.807, 2.05) is 0 Å². The Balaban J connectivity index is 3.41. The van der Waals surface area contributed by atoms with Crippen LogP contribution in [-0.4, -0.2) is 11.3 Å². The smallest absolute Gasteiger partial charge is 0.372 e. The molecule has 0 aliphatic heterocycles. The topological polar surface area (TPSA) is 20.2 Å². The molecule has 0 aromatic heterocycles. The van der Waals surface area contributed by atoms with E-state index in [1.165, 1.54) is 30.3 Å². The van der Waals surface area contributed by atoms with Crippen LogP contribution in [0.25, 0.3) is 0 Å². The molecule has 1 atom stereocenters. The van der Waals surface area contributed by atoms with Gasteiger partial charge in [-0.15, -0.1) is 0 Å². The van der Waals surface area contributed by atoms with Crippen LogP contribution in [0.15, 0.2) is 42.0 Å². The second kappa shape index (κ2) is 5.57. The molecule has 18 heavy (non-hydrogen) atoms. The molecule has 1 nitrogen and oxygen atoms in total. The van der Waals surface area contributed by atoms with Gasteiger partial charge in [-0.05, 0) is 24.0 Å². The van der Waals surface area contributed by atoms with Crippen molar-refractivity contribution < 1.29 is 18.3 Å². The minimum atomic E-state index is -4.73.